The Morgan fingerprint density at radius 2 is 1.84 bits per heavy atom. The standard InChI is InChI=1S/C37H44BrN3O8/c1-4-6-17-28(43)39-27(23-47-3)31(25-15-11-8-12-16-25)48-36(46)29-30-34(44)41(19-20-42)33(37(30)21-26(38)32(29)49-37)35(45)40(18-5-2)22-24-13-9-7-10-14-24/h4-5,7-16,26-27,29-33,42H,1-2,6,17-23H2,3H3,(H,39,43)/t26?,27-,29+,30-,31-,32+,33+,37-/m1/s1. The Labute approximate surface area is 295 Å². The Morgan fingerprint density at radius 1 is 1.14 bits per heavy atom. The molecule has 2 aromatic carbocycles. The molecule has 2 N–H and O–H groups in total. The van der Waals surface area contributed by atoms with E-state index in [0.29, 0.717) is 18.4 Å². The lowest BCUT2D eigenvalue weighted by Gasteiger charge is -2.37. The Hall–Kier alpha value is -3.84. The Morgan fingerprint density at radius 3 is 2.47 bits per heavy atom. The lowest BCUT2D eigenvalue weighted by molar-refractivity contribution is -0.163. The number of fused-ring (bicyclic) bond motifs is 1. The van der Waals surface area contributed by atoms with Crippen LogP contribution < -0.4 is 5.32 Å². The largest absolute Gasteiger partial charge is 0.455 e. The zero-order chi connectivity index (χ0) is 35.1. The zero-order valence-corrected chi connectivity index (χ0v) is 29.2. The first-order valence-electron chi connectivity index (χ1n) is 16.5. The third-order valence-corrected chi connectivity index (χ3v) is 10.4. The third kappa shape index (κ3) is 7.38. The van der Waals surface area contributed by atoms with Crippen molar-refractivity contribution in [3.8, 4) is 0 Å². The molecule has 3 amide bonds. The van der Waals surface area contributed by atoms with Crippen molar-refractivity contribution in [3.63, 3.8) is 0 Å². The van der Waals surface area contributed by atoms with Gasteiger partial charge in [-0.2, -0.15) is 0 Å². The van der Waals surface area contributed by atoms with Gasteiger partial charge in [0, 0.05) is 38.0 Å². The molecule has 3 aliphatic heterocycles. The number of rotatable bonds is 17. The van der Waals surface area contributed by atoms with E-state index in [9.17, 15) is 24.3 Å². The van der Waals surface area contributed by atoms with Crippen LogP contribution in [0.3, 0.4) is 0 Å². The van der Waals surface area contributed by atoms with Crippen molar-refractivity contribution in [1.29, 1.82) is 0 Å². The predicted octanol–water partition coefficient (Wildman–Crippen LogP) is 3.32. The number of nitrogens with zero attached hydrogens (tertiary/aromatic N) is 2. The van der Waals surface area contributed by atoms with Gasteiger partial charge < -0.3 is 34.4 Å². The van der Waals surface area contributed by atoms with Crippen molar-refractivity contribution in [2.45, 2.75) is 60.5 Å². The van der Waals surface area contributed by atoms with Gasteiger partial charge in [0.1, 0.15) is 17.7 Å². The summed E-state index contributed by atoms with van der Waals surface area (Å²) in [7, 11) is 1.49. The van der Waals surface area contributed by atoms with Gasteiger partial charge in [-0.15, -0.1) is 13.2 Å². The number of aliphatic hydroxyl groups is 1. The summed E-state index contributed by atoms with van der Waals surface area (Å²) in [6, 6.07) is 16.7. The molecule has 3 saturated heterocycles. The number of ether oxygens (including phenoxy) is 3. The average Bonchev–Trinajstić information content (AvgIpc) is 3.69. The number of methoxy groups -OCH3 is 1. The van der Waals surface area contributed by atoms with Crippen molar-refractivity contribution >= 4 is 39.6 Å². The van der Waals surface area contributed by atoms with Gasteiger partial charge in [-0.3, -0.25) is 19.2 Å². The highest BCUT2D eigenvalue weighted by Crippen LogP contribution is 2.60. The first-order chi connectivity index (χ1) is 23.7. The maximum atomic E-state index is 14.5. The third-order valence-electron chi connectivity index (χ3n) is 9.52. The second-order valence-corrected chi connectivity index (χ2v) is 13.8. The van der Waals surface area contributed by atoms with Gasteiger partial charge >= 0.3 is 5.97 Å². The molecule has 2 aromatic rings. The maximum absolute atomic E-state index is 14.5. The fourth-order valence-electron chi connectivity index (χ4n) is 7.52. The highest BCUT2D eigenvalue weighted by molar-refractivity contribution is 9.09. The summed E-state index contributed by atoms with van der Waals surface area (Å²) in [6.07, 6.45) is 2.54. The van der Waals surface area contributed by atoms with Crippen molar-refractivity contribution in [2.75, 3.05) is 33.4 Å². The van der Waals surface area contributed by atoms with Gasteiger partial charge in [-0.05, 0) is 24.0 Å². The molecule has 8 atom stereocenters. The highest BCUT2D eigenvalue weighted by Gasteiger charge is 2.77. The number of likely N-dealkylation sites (tertiary alicyclic amines) is 1. The van der Waals surface area contributed by atoms with Crippen LogP contribution in [0.25, 0.3) is 0 Å². The van der Waals surface area contributed by atoms with Gasteiger partial charge in [0.2, 0.25) is 17.7 Å². The van der Waals surface area contributed by atoms with Crippen LogP contribution in [-0.2, 0) is 39.9 Å². The molecule has 1 spiro atoms. The molecule has 2 bridgehead atoms. The quantitative estimate of drug-likeness (QED) is 0.144. The summed E-state index contributed by atoms with van der Waals surface area (Å²) < 4.78 is 18.3. The van der Waals surface area contributed by atoms with Crippen LogP contribution in [0.15, 0.2) is 86.0 Å². The van der Waals surface area contributed by atoms with E-state index < -0.39 is 53.6 Å². The summed E-state index contributed by atoms with van der Waals surface area (Å²) in [6.45, 7) is 7.57. The van der Waals surface area contributed by atoms with Crippen molar-refractivity contribution in [1.82, 2.24) is 15.1 Å². The van der Waals surface area contributed by atoms with Crippen molar-refractivity contribution in [2.24, 2.45) is 11.8 Å². The van der Waals surface area contributed by atoms with Crippen molar-refractivity contribution < 1.29 is 38.5 Å². The maximum Gasteiger partial charge on any atom is 0.313 e. The molecule has 0 radical (unpaired) electrons. The monoisotopic (exact) mass is 737 g/mol. The minimum atomic E-state index is -1.34. The summed E-state index contributed by atoms with van der Waals surface area (Å²) >= 11 is 3.70. The van der Waals surface area contributed by atoms with E-state index in [0.717, 1.165) is 5.56 Å². The van der Waals surface area contributed by atoms with Gasteiger partial charge in [0.05, 0.1) is 37.2 Å². The van der Waals surface area contributed by atoms with Gasteiger partial charge in [-0.25, -0.2) is 0 Å². The number of aliphatic hydroxyl groups excluding tert-OH is 1. The van der Waals surface area contributed by atoms with Gasteiger partial charge in [-0.1, -0.05) is 88.7 Å². The summed E-state index contributed by atoms with van der Waals surface area (Å²) in [5, 5.41) is 13.0. The molecule has 11 nitrogen and oxygen atoms in total. The van der Waals surface area contributed by atoms with Gasteiger partial charge in [0.15, 0.2) is 0 Å². The summed E-state index contributed by atoms with van der Waals surface area (Å²) in [5.41, 5.74) is 0.190. The number of carbonyl (C=O) groups is 4. The number of halogens is 1. The topological polar surface area (TPSA) is 135 Å². The number of alkyl halides is 1. The second-order valence-electron chi connectivity index (χ2n) is 12.6. The zero-order valence-electron chi connectivity index (χ0n) is 27.6. The molecule has 3 aliphatic rings. The lowest BCUT2D eigenvalue weighted by Crippen LogP contribution is -2.57. The molecule has 0 saturated carbocycles. The Bertz CT molecular complexity index is 1510. The van der Waals surface area contributed by atoms with Crippen LogP contribution in [0, 0.1) is 11.8 Å². The molecule has 5 rings (SSSR count). The predicted molar refractivity (Wildman–Crippen MR) is 185 cm³/mol. The van der Waals surface area contributed by atoms with Crippen LogP contribution in [-0.4, -0.2) is 101 Å². The van der Waals surface area contributed by atoms with E-state index in [4.69, 9.17) is 14.2 Å². The van der Waals surface area contributed by atoms with E-state index in [1.165, 1.54) is 12.0 Å². The fourth-order valence-corrected chi connectivity index (χ4v) is 8.46. The SMILES string of the molecule is C=CCCC(=O)N[C@H](COC)[C@H](OC(=O)[C@@H]1[C@H]2O[C@@]3(CC2Br)[C@H](C(=O)N(CC=C)Cc2ccccc2)N(CCO)C(=O)[C@@H]13)c1ccccc1. The summed E-state index contributed by atoms with van der Waals surface area (Å²) in [4.78, 5) is 58.7. The first kappa shape index (κ1) is 36.4. The molecule has 49 heavy (non-hydrogen) atoms. The van der Waals surface area contributed by atoms with Crippen molar-refractivity contribution in [3.05, 3.63) is 97.1 Å². The number of nitrogens with one attached hydrogen (secondary N) is 1. The number of allylic oxidation sites excluding steroid dienone is 1. The number of β-amino-alcohol motifs (C(OH)–C–C–N with tert-alkyl or cyclic N) is 1. The number of hydrogen-bond acceptors (Lipinski definition) is 8. The molecule has 3 fully saturated rings. The van der Waals surface area contributed by atoms with Crippen LogP contribution >= 0.6 is 15.9 Å². The van der Waals surface area contributed by atoms with Crippen LogP contribution in [0.5, 0.6) is 0 Å². The minimum Gasteiger partial charge on any atom is -0.455 e. The second kappa shape index (κ2) is 16.2. The molecule has 262 valence electrons. The highest BCUT2D eigenvalue weighted by atomic mass is 79.9. The van der Waals surface area contributed by atoms with E-state index in [-0.39, 0.29) is 55.9 Å². The first-order valence-corrected chi connectivity index (χ1v) is 17.4. The summed E-state index contributed by atoms with van der Waals surface area (Å²) in [5.74, 6) is -3.83. The number of benzene rings is 2. The van der Waals surface area contributed by atoms with Crippen LogP contribution in [0.2, 0.25) is 0 Å². The number of esters is 1. The smallest absolute Gasteiger partial charge is 0.313 e. The molecule has 0 aromatic heterocycles. The van der Waals surface area contributed by atoms with Gasteiger partial charge in [0.25, 0.3) is 0 Å². The normalized spacial score (nSPS) is 26.5. The molecule has 12 heteroatoms. The number of hydrogen-bond donors (Lipinski definition) is 2. The molecule has 1 unspecified atom stereocenters. The molecule has 3 heterocycles. The minimum absolute atomic E-state index is 0.0477. The fraction of sp³-hybridized carbons (Fsp3) is 0.459. The van der Waals surface area contributed by atoms with E-state index in [2.05, 4.69) is 34.4 Å². The van der Waals surface area contributed by atoms with E-state index >= 15 is 0 Å². The molecular formula is C37H44BrN3O8. The van der Waals surface area contributed by atoms with Crippen LogP contribution in [0.1, 0.15) is 36.5 Å². The van der Waals surface area contributed by atoms with E-state index in [1.54, 1.807) is 41.3 Å². The Balaban J connectivity index is 1.48. The molecular weight excluding hydrogens is 694 g/mol. The van der Waals surface area contributed by atoms with E-state index in [1.807, 2.05) is 36.4 Å². The lowest BCUT2D eigenvalue weighted by atomic mass is 9.70. The van der Waals surface area contributed by atoms with Crippen LogP contribution in [0.4, 0.5) is 0 Å². The number of amides is 3. The average molecular weight is 739 g/mol. The number of carbonyl (C=O) groups excluding carboxylic acids is 4. The Kier molecular flexibility index (Phi) is 12.1. The molecule has 0 aliphatic carbocycles.